The highest BCUT2D eigenvalue weighted by Gasteiger charge is 2.22. The zero-order chi connectivity index (χ0) is 22.8. The summed E-state index contributed by atoms with van der Waals surface area (Å²) >= 11 is 1.61. The van der Waals surface area contributed by atoms with Gasteiger partial charge in [-0.2, -0.15) is 0 Å². The van der Waals surface area contributed by atoms with Crippen LogP contribution < -0.4 is 11.2 Å². The summed E-state index contributed by atoms with van der Waals surface area (Å²) < 4.78 is 11.6. The number of aryl methyl sites for hydroxylation is 3. The van der Waals surface area contributed by atoms with Crippen LogP contribution in [-0.2, 0) is 30.1 Å². The Morgan fingerprint density at radius 1 is 1.16 bits per heavy atom. The summed E-state index contributed by atoms with van der Waals surface area (Å²) in [6, 6.07) is 0. The number of ether oxygens (including phenoxy) is 1. The topological polar surface area (TPSA) is 99.7 Å². The van der Waals surface area contributed by atoms with Crippen LogP contribution in [0.1, 0.15) is 56.7 Å². The van der Waals surface area contributed by atoms with Crippen molar-refractivity contribution in [2.75, 3.05) is 6.61 Å². The van der Waals surface area contributed by atoms with E-state index >= 15 is 0 Å². The van der Waals surface area contributed by atoms with Crippen LogP contribution in [0.2, 0.25) is 0 Å². The predicted octanol–water partition coefficient (Wildman–Crippen LogP) is 2.99. The van der Waals surface area contributed by atoms with E-state index in [1.54, 1.807) is 16.3 Å². The largest absolute Gasteiger partial charge is 0.376 e. The first kappa shape index (κ1) is 22.8. The minimum atomic E-state index is -0.394. The molecule has 0 saturated carbocycles. The van der Waals surface area contributed by atoms with E-state index < -0.39 is 5.69 Å². The first-order valence-corrected chi connectivity index (χ1v) is 12.4. The standard InChI is InChI=1S/C22H32N6O3S/c1-5-7-10-27-19-18(20(29)25-21(27)30)26(6-2)17(24-19)13-32-22-23-14(3)15(4)28(22)12-16-9-8-11-31-16/h16H,5-13H2,1-4H3,(H,25,29,30). The second-order valence-electron chi connectivity index (χ2n) is 8.31. The highest BCUT2D eigenvalue weighted by atomic mass is 32.2. The maximum absolute atomic E-state index is 12.6. The average Bonchev–Trinajstić information content (AvgIpc) is 3.47. The fraction of sp³-hybridized carbons (Fsp3) is 0.636. The molecule has 1 saturated heterocycles. The molecule has 32 heavy (non-hydrogen) atoms. The Kier molecular flexibility index (Phi) is 6.90. The van der Waals surface area contributed by atoms with E-state index in [1.807, 2.05) is 18.4 Å². The van der Waals surface area contributed by atoms with Gasteiger partial charge >= 0.3 is 5.69 Å². The monoisotopic (exact) mass is 460 g/mol. The maximum Gasteiger partial charge on any atom is 0.330 e. The molecule has 0 aliphatic carbocycles. The van der Waals surface area contributed by atoms with Gasteiger partial charge in [-0.05, 0) is 40.0 Å². The third-order valence-corrected chi connectivity index (χ3v) is 7.15. The van der Waals surface area contributed by atoms with Crippen molar-refractivity contribution in [3.63, 3.8) is 0 Å². The van der Waals surface area contributed by atoms with E-state index in [0.717, 1.165) is 61.2 Å². The van der Waals surface area contributed by atoms with Crippen LogP contribution in [0.25, 0.3) is 11.2 Å². The highest BCUT2D eigenvalue weighted by molar-refractivity contribution is 7.98. The Bertz CT molecular complexity index is 1220. The van der Waals surface area contributed by atoms with E-state index in [0.29, 0.717) is 30.0 Å². The van der Waals surface area contributed by atoms with Crippen molar-refractivity contribution in [1.29, 1.82) is 0 Å². The van der Waals surface area contributed by atoms with Crippen LogP contribution in [0.4, 0.5) is 0 Å². The summed E-state index contributed by atoms with van der Waals surface area (Å²) in [6.07, 6.45) is 4.21. The molecule has 9 nitrogen and oxygen atoms in total. The SMILES string of the molecule is CCCCn1c(=O)[nH]c(=O)c2c1nc(CSc1nc(C)c(C)n1CC1CCCO1)n2CC. The molecule has 0 radical (unpaired) electrons. The van der Waals surface area contributed by atoms with Crippen LogP contribution in [0.15, 0.2) is 14.7 Å². The number of aromatic nitrogens is 6. The van der Waals surface area contributed by atoms with Gasteiger partial charge in [0.05, 0.1) is 24.1 Å². The number of hydrogen-bond donors (Lipinski definition) is 1. The molecular weight excluding hydrogens is 428 g/mol. The van der Waals surface area contributed by atoms with E-state index in [-0.39, 0.29) is 11.7 Å². The lowest BCUT2D eigenvalue weighted by Gasteiger charge is -2.14. The smallest absolute Gasteiger partial charge is 0.330 e. The molecule has 4 rings (SSSR count). The van der Waals surface area contributed by atoms with Crippen LogP contribution in [0.5, 0.6) is 0 Å². The van der Waals surface area contributed by atoms with Gasteiger partial charge in [0, 0.05) is 25.4 Å². The van der Waals surface area contributed by atoms with Crippen molar-refractivity contribution in [2.45, 2.75) is 90.0 Å². The van der Waals surface area contributed by atoms with Gasteiger partial charge in [0.15, 0.2) is 16.3 Å². The minimum absolute atomic E-state index is 0.230. The fourth-order valence-electron chi connectivity index (χ4n) is 4.26. The zero-order valence-corrected chi connectivity index (χ0v) is 20.1. The van der Waals surface area contributed by atoms with E-state index in [9.17, 15) is 9.59 Å². The predicted molar refractivity (Wildman–Crippen MR) is 125 cm³/mol. The minimum Gasteiger partial charge on any atom is -0.376 e. The molecule has 1 atom stereocenters. The Morgan fingerprint density at radius 2 is 1.97 bits per heavy atom. The Hall–Kier alpha value is -2.33. The summed E-state index contributed by atoms with van der Waals surface area (Å²) in [7, 11) is 0. The van der Waals surface area contributed by atoms with Crippen LogP contribution in [0.3, 0.4) is 0 Å². The molecule has 1 aliphatic heterocycles. The lowest BCUT2D eigenvalue weighted by Crippen LogP contribution is -2.31. The zero-order valence-electron chi connectivity index (χ0n) is 19.3. The van der Waals surface area contributed by atoms with Gasteiger partial charge in [0.25, 0.3) is 5.56 Å². The van der Waals surface area contributed by atoms with Crippen molar-refractivity contribution in [3.05, 3.63) is 38.1 Å². The number of nitrogens with zero attached hydrogens (tertiary/aromatic N) is 5. The molecule has 0 spiro atoms. The molecule has 3 aromatic rings. The van der Waals surface area contributed by atoms with E-state index in [1.165, 1.54) is 0 Å². The first-order valence-electron chi connectivity index (χ1n) is 11.4. The van der Waals surface area contributed by atoms with Gasteiger partial charge in [-0.3, -0.25) is 14.3 Å². The summed E-state index contributed by atoms with van der Waals surface area (Å²) in [5, 5.41) is 0.933. The van der Waals surface area contributed by atoms with Crippen LogP contribution in [-0.4, -0.2) is 41.4 Å². The third kappa shape index (κ3) is 4.30. The summed E-state index contributed by atoms with van der Waals surface area (Å²) in [6.45, 7) is 11.0. The molecular formula is C22H32N6O3S. The van der Waals surface area contributed by atoms with Crippen LogP contribution in [0, 0.1) is 13.8 Å². The number of unbranched alkanes of at least 4 members (excludes halogenated alkanes) is 1. The number of hydrogen-bond acceptors (Lipinski definition) is 6. The molecule has 4 heterocycles. The molecule has 10 heteroatoms. The average molecular weight is 461 g/mol. The van der Waals surface area contributed by atoms with Gasteiger partial charge in [0.2, 0.25) is 0 Å². The number of rotatable bonds is 9. The molecule has 3 aromatic heterocycles. The molecule has 0 aromatic carbocycles. The second kappa shape index (κ2) is 9.66. The van der Waals surface area contributed by atoms with Gasteiger partial charge in [-0.1, -0.05) is 25.1 Å². The van der Waals surface area contributed by atoms with Crippen molar-refractivity contribution in [2.24, 2.45) is 0 Å². The van der Waals surface area contributed by atoms with Gasteiger partial charge in [-0.25, -0.2) is 14.8 Å². The van der Waals surface area contributed by atoms with Crippen molar-refractivity contribution < 1.29 is 4.74 Å². The van der Waals surface area contributed by atoms with Gasteiger partial charge < -0.3 is 13.9 Å². The number of aromatic amines is 1. The number of thioether (sulfide) groups is 1. The van der Waals surface area contributed by atoms with Crippen molar-refractivity contribution >= 4 is 22.9 Å². The van der Waals surface area contributed by atoms with E-state index in [2.05, 4.69) is 23.4 Å². The molecule has 0 amide bonds. The third-order valence-electron chi connectivity index (χ3n) is 6.18. The van der Waals surface area contributed by atoms with E-state index in [4.69, 9.17) is 14.7 Å². The Labute approximate surface area is 191 Å². The highest BCUT2D eigenvalue weighted by Crippen LogP contribution is 2.27. The van der Waals surface area contributed by atoms with Crippen molar-refractivity contribution in [1.82, 2.24) is 28.7 Å². The number of fused-ring (bicyclic) bond motifs is 1. The summed E-state index contributed by atoms with van der Waals surface area (Å²) in [4.78, 5) is 37.0. The Balaban J connectivity index is 1.67. The number of H-pyrrole nitrogens is 1. The molecule has 0 bridgehead atoms. The quantitative estimate of drug-likeness (QED) is 0.493. The van der Waals surface area contributed by atoms with Gasteiger partial charge in [0.1, 0.15) is 5.82 Å². The lowest BCUT2D eigenvalue weighted by atomic mass is 10.2. The summed E-state index contributed by atoms with van der Waals surface area (Å²) in [5.41, 5.74) is 2.33. The summed E-state index contributed by atoms with van der Waals surface area (Å²) in [5.74, 6) is 1.33. The van der Waals surface area contributed by atoms with Gasteiger partial charge in [-0.15, -0.1) is 0 Å². The molecule has 1 fully saturated rings. The number of nitrogens with one attached hydrogen (secondary N) is 1. The first-order chi connectivity index (χ1) is 15.4. The molecule has 1 unspecified atom stereocenters. The fourth-order valence-corrected chi connectivity index (χ4v) is 5.31. The normalized spacial score (nSPS) is 16.4. The molecule has 1 aliphatic rings. The Morgan fingerprint density at radius 3 is 2.66 bits per heavy atom. The van der Waals surface area contributed by atoms with Crippen LogP contribution >= 0.6 is 11.8 Å². The maximum atomic E-state index is 12.6. The number of imidazole rings is 2. The molecule has 174 valence electrons. The molecule has 1 N–H and O–H groups in total. The second-order valence-corrected chi connectivity index (χ2v) is 9.25. The van der Waals surface area contributed by atoms with Crippen molar-refractivity contribution in [3.8, 4) is 0 Å². The lowest BCUT2D eigenvalue weighted by molar-refractivity contribution is 0.0945.